The first-order valence-electron chi connectivity index (χ1n) is 6.24. The maximum absolute atomic E-state index is 12.1. The summed E-state index contributed by atoms with van der Waals surface area (Å²) in [7, 11) is -3.72. The van der Waals surface area contributed by atoms with Crippen molar-refractivity contribution in [3.63, 3.8) is 0 Å². The molecule has 0 atom stereocenters. The number of nitrogens with zero attached hydrogens (tertiary/aromatic N) is 1. The number of aromatic carboxylic acids is 1. The number of carboxylic acids is 1. The summed E-state index contributed by atoms with van der Waals surface area (Å²) in [6.07, 6.45) is 2.63. The van der Waals surface area contributed by atoms with Gasteiger partial charge >= 0.3 is 16.2 Å². The molecule has 1 aliphatic heterocycles. The van der Waals surface area contributed by atoms with Gasteiger partial charge in [0.1, 0.15) is 5.75 Å². The van der Waals surface area contributed by atoms with Crippen LogP contribution in [0.2, 0.25) is 0 Å². The molecule has 0 bridgehead atoms. The second-order valence-electron chi connectivity index (χ2n) is 4.60. The highest BCUT2D eigenvalue weighted by atomic mass is 32.2. The second kappa shape index (κ2) is 5.68. The van der Waals surface area contributed by atoms with Crippen molar-refractivity contribution >= 4 is 21.9 Å². The molecule has 2 rings (SSSR count). The van der Waals surface area contributed by atoms with Gasteiger partial charge in [-0.15, -0.1) is 0 Å². The van der Waals surface area contributed by atoms with Crippen molar-refractivity contribution in [3.05, 3.63) is 23.8 Å². The van der Waals surface area contributed by atoms with E-state index in [1.165, 1.54) is 16.4 Å². The van der Waals surface area contributed by atoms with Crippen LogP contribution >= 0.6 is 0 Å². The molecule has 1 fully saturated rings. The lowest BCUT2D eigenvalue weighted by Crippen LogP contribution is -2.39. The van der Waals surface area contributed by atoms with Gasteiger partial charge in [-0.1, -0.05) is 6.42 Å². The number of benzene rings is 1. The minimum atomic E-state index is -3.72. The molecule has 0 aliphatic carbocycles. The number of piperidine rings is 1. The van der Waals surface area contributed by atoms with Crippen molar-refractivity contribution in [1.29, 1.82) is 0 Å². The molecule has 1 aliphatic rings. The summed E-state index contributed by atoms with van der Waals surface area (Å²) in [5.41, 5.74) is -0.135. The summed E-state index contributed by atoms with van der Waals surface area (Å²) in [6.45, 7) is 0.895. The SMILES string of the molecule is O=C(O)c1ccc(NS(=O)(=O)N2CCCCC2)c(O)c1. The Balaban J connectivity index is 2.18. The van der Waals surface area contributed by atoms with E-state index >= 15 is 0 Å². The van der Waals surface area contributed by atoms with Crippen LogP contribution in [-0.4, -0.2) is 42.0 Å². The van der Waals surface area contributed by atoms with E-state index in [4.69, 9.17) is 5.11 Å². The Hall–Kier alpha value is -1.80. The fraction of sp³-hybridized carbons (Fsp3) is 0.417. The number of anilines is 1. The van der Waals surface area contributed by atoms with Gasteiger partial charge in [0.25, 0.3) is 0 Å². The van der Waals surface area contributed by atoms with Crippen molar-refractivity contribution in [2.24, 2.45) is 0 Å². The van der Waals surface area contributed by atoms with Gasteiger partial charge in [-0.25, -0.2) is 4.79 Å². The van der Waals surface area contributed by atoms with Crippen molar-refractivity contribution in [2.75, 3.05) is 17.8 Å². The number of carbonyl (C=O) groups is 1. The molecule has 7 nitrogen and oxygen atoms in total. The van der Waals surface area contributed by atoms with Gasteiger partial charge in [0.15, 0.2) is 0 Å². The minimum Gasteiger partial charge on any atom is -0.506 e. The lowest BCUT2D eigenvalue weighted by molar-refractivity contribution is 0.0696. The molecule has 1 aromatic rings. The number of aromatic hydroxyl groups is 1. The minimum absolute atomic E-state index is 0.0272. The number of rotatable bonds is 4. The first-order chi connectivity index (χ1) is 9.40. The van der Waals surface area contributed by atoms with E-state index in [1.54, 1.807) is 0 Å². The molecule has 110 valence electrons. The van der Waals surface area contributed by atoms with E-state index in [0.717, 1.165) is 25.3 Å². The number of carboxylic acid groups (broad SMARTS) is 1. The first kappa shape index (κ1) is 14.6. The molecule has 0 aromatic heterocycles. The summed E-state index contributed by atoms with van der Waals surface area (Å²) < 4.78 is 27.8. The van der Waals surface area contributed by atoms with E-state index in [9.17, 15) is 18.3 Å². The van der Waals surface area contributed by atoms with E-state index in [0.29, 0.717) is 13.1 Å². The third-order valence-electron chi connectivity index (χ3n) is 3.14. The molecule has 1 aromatic carbocycles. The van der Waals surface area contributed by atoms with E-state index in [2.05, 4.69) is 4.72 Å². The fourth-order valence-corrected chi connectivity index (χ4v) is 3.38. The molecule has 1 saturated heterocycles. The Bertz CT molecular complexity index is 608. The van der Waals surface area contributed by atoms with Gasteiger partial charge in [-0.3, -0.25) is 4.72 Å². The van der Waals surface area contributed by atoms with Gasteiger partial charge in [0.2, 0.25) is 0 Å². The van der Waals surface area contributed by atoms with Crippen LogP contribution in [0.15, 0.2) is 18.2 Å². The van der Waals surface area contributed by atoms with Crippen LogP contribution in [0.25, 0.3) is 0 Å². The highest BCUT2D eigenvalue weighted by Gasteiger charge is 2.24. The van der Waals surface area contributed by atoms with E-state index in [-0.39, 0.29) is 11.3 Å². The predicted octanol–water partition coefficient (Wildman–Crippen LogP) is 1.23. The van der Waals surface area contributed by atoms with Crippen LogP contribution in [0.4, 0.5) is 5.69 Å². The zero-order valence-corrected chi connectivity index (χ0v) is 11.6. The summed E-state index contributed by atoms with van der Waals surface area (Å²) in [4.78, 5) is 10.7. The number of phenols is 1. The maximum atomic E-state index is 12.1. The summed E-state index contributed by atoms with van der Waals surface area (Å²) in [5, 5.41) is 18.5. The van der Waals surface area contributed by atoms with Gasteiger partial charge < -0.3 is 10.2 Å². The molecule has 20 heavy (non-hydrogen) atoms. The molecule has 3 N–H and O–H groups in total. The average Bonchev–Trinajstić information content (AvgIpc) is 2.41. The molecule has 0 radical (unpaired) electrons. The molecule has 0 amide bonds. The van der Waals surface area contributed by atoms with Gasteiger partial charge in [-0.05, 0) is 31.0 Å². The maximum Gasteiger partial charge on any atom is 0.335 e. The van der Waals surface area contributed by atoms with Crippen LogP contribution in [0.5, 0.6) is 5.75 Å². The lowest BCUT2D eigenvalue weighted by Gasteiger charge is -2.26. The van der Waals surface area contributed by atoms with Crippen molar-refractivity contribution in [1.82, 2.24) is 4.31 Å². The third-order valence-corrected chi connectivity index (χ3v) is 4.66. The fourth-order valence-electron chi connectivity index (χ4n) is 2.06. The van der Waals surface area contributed by atoms with Gasteiger partial charge in [0, 0.05) is 13.1 Å². The van der Waals surface area contributed by atoms with Crippen molar-refractivity contribution in [2.45, 2.75) is 19.3 Å². The highest BCUT2D eigenvalue weighted by molar-refractivity contribution is 7.90. The summed E-state index contributed by atoms with van der Waals surface area (Å²) in [5.74, 6) is -1.60. The quantitative estimate of drug-likeness (QED) is 0.725. The Labute approximate surface area is 117 Å². The van der Waals surface area contributed by atoms with Gasteiger partial charge in [0.05, 0.1) is 11.3 Å². The number of hydrogen-bond donors (Lipinski definition) is 3. The van der Waals surface area contributed by atoms with Crippen molar-refractivity contribution < 1.29 is 23.4 Å². The Morgan fingerprint density at radius 2 is 1.85 bits per heavy atom. The Morgan fingerprint density at radius 1 is 1.20 bits per heavy atom. The summed E-state index contributed by atoms with van der Waals surface area (Å²) in [6, 6.07) is 3.48. The second-order valence-corrected chi connectivity index (χ2v) is 6.27. The number of hydrogen-bond acceptors (Lipinski definition) is 4. The van der Waals surface area contributed by atoms with Crippen LogP contribution in [0.3, 0.4) is 0 Å². The molecule has 0 saturated carbocycles. The predicted molar refractivity (Wildman–Crippen MR) is 73.0 cm³/mol. The van der Waals surface area contributed by atoms with E-state index < -0.39 is 21.9 Å². The number of phenolic OH excluding ortho intramolecular Hbond substituents is 1. The first-order valence-corrected chi connectivity index (χ1v) is 7.68. The number of nitrogens with one attached hydrogen (secondary N) is 1. The highest BCUT2D eigenvalue weighted by Crippen LogP contribution is 2.26. The standard InChI is InChI=1S/C12H16N2O5S/c15-11-8-9(12(16)17)4-5-10(11)13-20(18,19)14-6-2-1-3-7-14/h4-5,8,13,15H,1-3,6-7H2,(H,16,17). The molecule has 8 heteroatoms. The average molecular weight is 300 g/mol. The molecule has 0 unspecified atom stereocenters. The summed E-state index contributed by atoms with van der Waals surface area (Å²) >= 11 is 0. The van der Waals surface area contributed by atoms with Crippen LogP contribution < -0.4 is 4.72 Å². The Morgan fingerprint density at radius 3 is 2.40 bits per heavy atom. The molecular weight excluding hydrogens is 284 g/mol. The zero-order chi connectivity index (χ0) is 14.8. The molecule has 0 spiro atoms. The van der Waals surface area contributed by atoms with Crippen LogP contribution in [-0.2, 0) is 10.2 Å². The molecule has 1 heterocycles. The largest absolute Gasteiger partial charge is 0.506 e. The monoisotopic (exact) mass is 300 g/mol. The Kier molecular flexibility index (Phi) is 4.15. The van der Waals surface area contributed by atoms with Crippen LogP contribution in [0.1, 0.15) is 29.6 Å². The zero-order valence-electron chi connectivity index (χ0n) is 10.7. The van der Waals surface area contributed by atoms with Crippen LogP contribution in [0, 0.1) is 0 Å². The topological polar surface area (TPSA) is 107 Å². The lowest BCUT2D eigenvalue weighted by atomic mass is 10.2. The van der Waals surface area contributed by atoms with E-state index in [1.807, 2.05) is 0 Å². The van der Waals surface area contributed by atoms with Crippen molar-refractivity contribution in [3.8, 4) is 5.75 Å². The third kappa shape index (κ3) is 3.20. The smallest absolute Gasteiger partial charge is 0.335 e. The van der Waals surface area contributed by atoms with Gasteiger partial charge in [-0.2, -0.15) is 12.7 Å². The normalized spacial score (nSPS) is 16.8. The molecular formula is C12H16N2O5S.